The maximum atomic E-state index is 12.8. The lowest BCUT2D eigenvalue weighted by molar-refractivity contribution is -0.137. The van der Waals surface area contributed by atoms with E-state index in [4.69, 9.17) is 4.74 Å². The smallest absolute Gasteiger partial charge is 0.416 e. The number of alkyl halides is 3. The molecule has 0 aliphatic carbocycles. The molecule has 1 aliphatic rings. The summed E-state index contributed by atoms with van der Waals surface area (Å²) in [4.78, 5) is 16.4. The minimum Gasteiger partial charge on any atom is -0.460 e. The second-order valence-corrected chi connectivity index (χ2v) is 5.99. The van der Waals surface area contributed by atoms with E-state index in [2.05, 4.69) is 15.6 Å². The third-order valence-corrected chi connectivity index (χ3v) is 4.06. The number of rotatable bonds is 5. The molecule has 2 aromatic rings. The molecule has 0 spiro atoms. The fourth-order valence-corrected chi connectivity index (χ4v) is 2.73. The van der Waals surface area contributed by atoms with Crippen LogP contribution in [0.2, 0.25) is 0 Å². The highest BCUT2D eigenvalue weighted by Crippen LogP contribution is 2.31. The normalized spacial score (nSPS) is 16.5. The molecule has 0 saturated carbocycles. The highest BCUT2D eigenvalue weighted by Gasteiger charge is 2.30. The number of hydrogen-bond donors (Lipinski definition) is 2. The summed E-state index contributed by atoms with van der Waals surface area (Å²) in [5.41, 5.74) is -0.428. The third kappa shape index (κ3) is 5.58. The molecule has 9 heteroatoms. The second kappa shape index (κ2) is 9.05. The Labute approximate surface area is 160 Å². The van der Waals surface area contributed by atoms with E-state index in [9.17, 15) is 18.0 Å². The van der Waals surface area contributed by atoms with Gasteiger partial charge in [0.1, 0.15) is 18.0 Å². The summed E-state index contributed by atoms with van der Waals surface area (Å²) in [5.74, 6) is -0.419. The monoisotopic (exact) mass is 401 g/mol. The Morgan fingerprint density at radius 2 is 2.11 bits per heavy atom. The van der Waals surface area contributed by atoms with Gasteiger partial charge in [-0.25, -0.2) is 9.78 Å². The molecule has 1 atom stereocenters. The molecule has 0 radical (unpaired) electrons. The molecular formula is C18H19ClF3N3O2. The van der Waals surface area contributed by atoms with Crippen LogP contribution in [0.15, 0.2) is 42.6 Å². The van der Waals surface area contributed by atoms with Crippen LogP contribution in [0.3, 0.4) is 0 Å². The van der Waals surface area contributed by atoms with Gasteiger partial charge in [-0.1, -0.05) is 6.07 Å². The van der Waals surface area contributed by atoms with E-state index < -0.39 is 17.7 Å². The fourth-order valence-electron chi connectivity index (χ4n) is 2.73. The van der Waals surface area contributed by atoms with Crippen molar-refractivity contribution in [1.29, 1.82) is 0 Å². The first kappa shape index (κ1) is 21.0. The molecule has 1 aromatic heterocycles. The van der Waals surface area contributed by atoms with Crippen LogP contribution < -0.4 is 10.6 Å². The number of carbonyl (C=O) groups is 1. The first-order valence-electron chi connectivity index (χ1n) is 8.23. The molecule has 27 heavy (non-hydrogen) atoms. The van der Waals surface area contributed by atoms with Gasteiger partial charge in [-0.2, -0.15) is 13.2 Å². The van der Waals surface area contributed by atoms with E-state index in [0.717, 1.165) is 31.5 Å². The summed E-state index contributed by atoms with van der Waals surface area (Å²) in [5, 5.41) is 5.99. The van der Waals surface area contributed by atoms with Crippen LogP contribution in [-0.4, -0.2) is 30.1 Å². The zero-order chi connectivity index (χ0) is 18.6. The second-order valence-electron chi connectivity index (χ2n) is 5.99. The van der Waals surface area contributed by atoms with Crippen LogP contribution in [0, 0.1) is 0 Å². The van der Waals surface area contributed by atoms with Gasteiger partial charge in [0.2, 0.25) is 0 Å². The van der Waals surface area contributed by atoms with E-state index in [-0.39, 0.29) is 42.1 Å². The molecule has 1 saturated heterocycles. The molecule has 146 valence electrons. The first-order chi connectivity index (χ1) is 12.4. The summed E-state index contributed by atoms with van der Waals surface area (Å²) in [6, 6.07) is 7.93. The molecule has 0 bridgehead atoms. The lowest BCUT2D eigenvalue weighted by atomic mass is 10.2. The van der Waals surface area contributed by atoms with Crippen LogP contribution in [-0.2, 0) is 10.9 Å². The Kier molecular flexibility index (Phi) is 7.04. The summed E-state index contributed by atoms with van der Waals surface area (Å²) in [6.07, 6.45) is -1.02. The number of nitrogens with zero attached hydrogens (tertiary/aromatic N) is 1. The minimum absolute atomic E-state index is 0. The van der Waals surface area contributed by atoms with Gasteiger partial charge in [-0.15, -0.1) is 12.4 Å². The number of hydrogen-bond acceptors (Lipinski definition) is 5. The van der Waals surface area contributed by atoms with Crippen LogP contribution in [0.25, 0.3) is 0 Å². The number of pyridine rings is 1. The van der Waals surface area contributed by atoms with Crippen molar-refractivity contribution in [3.8, 4) is 0 Å². The minimum atomic E-state index is -4.45. The van der Waals surface area contributed by atoms with Crippen LogP contribution >= 0.6 is 12.4 Å². The molecule has 1 aliphatic heterocycles. The lowest BCUT2D eigenvalue weighted by Crippen LogP contribution is -2.28. The molecule has 5 nitrogen and oxygen atoms in total. The van der Waals surface area contributed by atoms with Crippen molar-refractivity contribution in [2.75, 3.05) is 18.5 Å². The van der Waals surface area contributed by atoms with E-state index in [1.54, 1.807) is 6.07 Å². The van der Waals surface area contributed by atoms with E-state index in [0.29, 0.717) is 0 Å². The third-order valence-electron chi connectivity index (χ3n) is 4.06. The lowest BCUT2D eigenvalue weighted by Gasteiger charge is -2.14. The number of nitrogens with one attached hydrogen (secondary N) is 2. The predicted molar refractivity (Wildman–Crippen MR) is 97.5 cm³/mol. The zero-order valence-corrected chi connectivity index (χ0v) is 15.1. The van der Waals surface area contributed by atoms with Gasteiger partial charge >= 0.3 is 12.1 Å². The summed E-state index contributed by atoms with van der Waals surface area (Å²) in [7, 11) is 0. The van der Waals surface area contributed by atoms with Crippen molar-refractivity contribution in [1.82, 2.24) is 10.3 Å². The van der Waals surface area contributed by atoms with Gasteiger partial charge in [0.15, 0.2) is 0 Å². The van der Waals surface area contributed by atoms with Crippen molar-refractivity contribution in [3.63, 3.8) is 0 Å². The number of benzene rings is 1. The molecule has 3 rings (SSSR count). The van der Waals surface area contributed by atoms with Crippen molar-refractivity contribution in [3.05, 3.63) is 53.7 Å². The maximum Gasteiger partial charge on any atom is 0.416 e. The average Bonchev–Trinajstić information content (AvgIpc) is 3.13. The molecule has 1 fully saturated rings. The number of aromatic nitrogens is 1. The molecule has 2 N–H and O–H groups in total. The first-order valence-corrected chi connectivity index (χ1v) is 8.23. The van der Waals surface area contributed by atoms with Crippen LogP contribution in [0.5, 0.6) is 0 Å². The molecule has 1 aromatic carbocycles. The number of ether oxygens (including phenoxy) is 1. The van der Waals surface area contributed by atoms with Crippen molar-refractivity contribution >= 4 is 29.9 Å². The van der Waals surface area contributed by atoms with Gasteiger partial charge in [0, 0.05) is 17.9 Å². The van der Waals surface area contributed by atoms with Crippen molar-refractivity contribution in [2.24, 2.45) is 0 Å². The van der Waals surface area contributed by atoms with E-state index in [1.807, 2.05) is 0 Å². The summed E-state index contributed by atoms with van der Waals surface area (Å²) >= 11 is 0. The Balaban J connectivity index is 0.00000261. The van der Waals surface area contributed by atoms with Crippen LogP contribution in [0.1, 0.15) is 28.8 Å². The Hall–Kier alpha value is -2.32. The van der Waals surface area contributed by atoms with Gasteiger partial charge in [-0.3, -0.25) is 0 Å². The van der Waals surface area contributed by atoms with Gasteiger partial charge in [0.05, 0.1) is 5.56 Å². The van der Waals surface area contributed by atoms with Gasteiger partial charge in [-0.05, 0) is 49.7 Å². The number of anilines is 2. The largest absolute Gasteiger partial charge is 0.460 e. The predicted octanol–water partition coefficient (Wildman–Crippen LogP) is 4.17. The fraction of sp³-hybridized carbons (Fsp3) is 0.333. The Bertz CT molecular complexity index is 780. The van der Waals surface area contributed by atoms with Crippen molar-refractivity contribution < 1.29 is 22.7 Å². The van der Waals surface area contributed by atoms with E-state index in [1.165, 1.54) is 24.4 Å². The molecule has 0 amide bonds. The van der Waals surface area contributed by atoms with Crippen molar-refractivity contribution in [2.45, 2.75) is 25.1 Å². The van der Waals surface area contributed by atoms with Gasteiger partial charge < -0.3 is 15.4 Å². The molecular weight excluding hydrogens is 383 g/mol. The molecule has 2 heterocycles. The van der Waals surface area contributed by atoms with E-state index >= 15 is 0 Å². The average molecular weight is 402 g/mol. The quantitative estimate of drug-likeness (QED) is 0.736. The number of esters is 1. The zero-order valence-electron chi connectivity index (χ0n) is 14.3. The van der Waals surface area contributed by atoms with Crippen LogP contribution in [0.4, 0.5) is 24.7 Å². The Morgan fingerprint density at radius 1 is 1.30 bits per heavy atom. The summed E-state index contributed by atoms with van der Waals surface area (Å²) in [6.45, 7) is 1.15. The topological polar surface area (TPSA) is 63.2 Å². The number of carbonyl (C=O) groups excluding carboxylic acids is 1. The highest BCUT2D eigenvalue weighted by atomic mass is 35.5. The standard InChI is InChI=1S/C18H18F3N3O2.ClH/c19-18(20,21)12-4-1-5-13(10-12)24-16-15(7-3-9-23-16)17(25)26-11-14-6-2-8-22-14;/h1,3-5,7,9-10,14,22H,2,6,8,11H2,(H,23,24);1H. The SMILES string of the molecule is Cl.O=C(OCC1CCCN1)c1cccnc1Nc1cccc(C(F)(F)F)c1. The maximum absolute atomic E-state index is 12.8. The number of halogens is 4. The summed E-state index contributed by atoms with van der Waals surface area (Å²) < 4.78 is 43.8. The highest BCUT2D eigenvalue weighted by molar-refractivity contribution is 5.95. The van der Waals surface area contributed by atoms with Gasteiger partial charge in [0.25, 0.3) is 0 Å². The Morgan fingerprint density at radius 3 is 2.81 bits per heavy atom. The molecule has 1 unspecified atom stereocenters.